The van der Waals surface area contributed by atoms with Gasteiger partial charge in [-0.1, -0.05) is 30.3 Å². The van der Waals surface area contributed by atoms with E-state index >= 15 is 0 Å². The van der Waals surface area contributed by atoms with E-state index in [1.807, 2.05) is 24.4 Å². The lowest BCUT2D eigenvalue weighted by atomic mass is 10.1. The fraction of sp³-hybridized carbons (Fsp3) is 0.100. The second kappa shape index (κ2) is 3.31. The third-order valence-corrected chi connectivity index (χ3v) is 1.88. The van der Waals surface area contributed by atoms with Crippen LogP contribution in [0.25, 0.3) is 0 Å². The maximum absolute atomic E-state index is 5.49. The minimum atomic E-state index is 0.838. The molecule has 0 spiro atoms. The predicted octanol–water partition coefficient (Wildman–Crippen LogP) is 1.19. The van der Waals surface area contributed by atoms with E-state index in [9.17, 15) is 0 Å². The van der Waals surface area contributed by atoms with Crippen molar-refractivity contribution in [3.05, 3.63) is 54.1 Å². The zero-order chi connectivity index (χ0) is 9.10. The number of benzene rings is 1. The van der Waals surface area contributed by atoms with E-state index in [2.05, 4.69) is 17.1 Å². The Balaban J connectivity index is 2.15. The number of hydrogen-bond acceptors (Lipinski definition) is 2. The van der Waals surface area contributed by atoms with Crippen LogP contribution in [-0.2, 0) is 6.42 Å². The van der Waals surface area contributed by atoms with Gasteiger partial charge in [-0.05, 0) is 5.56 Å². The van der Waals surface area contributed by atoms with Crippen LogP contribution < -0.4 is 5.84 Å². The lowest BCUT2D eigenvalue weighted by Crippen LogP contribution is -2.03. The van der Waals surface area contributed by atoms with E-state index in [1.165, 1.54) is 10.2 Å². The summed E-state index contributed by atoms with van der Waals surface area (Å²) in [4.78, 5) is 4.15. The van der Waals surface area contributed by atoms with Gasteiger partial charge >= 0.3 is 0 Å². The molecule has 0 aliphatic carbocycles. The number of aromatic nitrogens is 2. The van der Waals surface area contributed by atoms with Crippen molar-refractivity contribution in [3.8, 4) is 0 Å². The highest BCUT2D eigenvalue weighted by Crippen LogP contribution is 2.05. The summed E-state index contributed by atoms with van der Waals surface area (Å²) >= 11 is 0. The predicted molar refractivity (Wildman–Crippen MR) is 51.6 cm³/mol. The van der Waals surface area contributed by atoms with Crippen LogP contribution in [0, 0.1) is 0 Å². The van der Waals surface area contributed by atoms with Crippen LogP contribution in [0.5, 0.6) is 0 Å². The maximum atomic E-state index is 5.49. The maximum Gasteiger partial charge on any atom is 0.114 e. The first-order chi connectivity index (χ1) is 6.34. The Labute approximate surface area is 76.8 Å². The van der Waals surface area contributed by atoms with E-state index in [4.69, 9.17) is 5.84 Å². The molecule has 0 atom stereocenters. The van der Waals surface area contributed by atoms with Crippen LogP contribution in [0.15, 0.2) is 42.9 Å². The fourth-order valence-electron chi connectivity index (χ4n) is 1.28. The van der Waals surface area contributed by atoms with E-state index in [-0.39, 0.29) is 0 Å². The highest BCUT2D eigenvalue weighted by atomic mass is 15.3. The molecule has 0 bridgehead atoms. The first-order valence-corrected chi connectivity index (χ1v) is 4.16. The highest BCUT2D eigenvalue weighted by molar-refractivity contribution is 5.20. The fourth-order valence-corrected chi connectivity index (χ4v) is 1.28. The molecule has 1 aromatic carbocycles. The van der Waals surface area contributed by atoms with Crippen molar-refractivity contribution in [2.45, 2.75) is 6.42 Å². The number of nitrogen functional groups attached to an aromatic ring is 1. The molecule has 66 valence electrons. The Morgan fingerprint density at radius 3 is 2.62 bits per heavy atom. The summed E-state index contributed by atoms with van der Waals surface area (Å²) in [6.45, 7) is 0. The van der Waals surface area contributed by atoms with Crippen molar-refractivity contribution in [2.24, 2.45) is 0 Å². The van der Waals surface area contributed by atoms with Gasteiger partial charge in [-0.25, -0.2) is 4.98 Å². The van der Waals surface area contributed by atoms with Crippen molar-refractivity contribution < 1.29 is 0 Å². The van der Waals surface area contributed by atoms with Crippen molar-refractivity contribution in [3.63, 3.8) is 0 Å². The van der Waals surface area contributed by atoms with Crippen LogP contribution in [0.4, 0.5) is 0 Å². The monoisotopic (exact) mass is 173 g/mol. The Morgan fingerprint density at radius 1 is 1.23 bits per heavy atom. The zero-order valence-electron chi connectivity index (χ0n) is 7.22. The van der Waals surface area contributed by atoms with Crippen LogP contribution in [0.3, 0.4) is 0 Å². The zero-order valence-corrected chi connectivity index (χ0v) is 7.22. The molecule has 0 aliphatic heterocycles. The van der Waals surface area contributed by atoms with Gasteiger partial charge in [0.15, 0.2) is 0 Å². The lowest BCUT2D eigenvalue weighted by Gasteiger charge is -1.95. The molecule has 0 aliphatic rings. The SMILES string of the molecule is Nn1cnc(Cc2ccccc2)c1. The Bertz CT molecular complexity index is 378. The molecule has 3 heteroatoms. The first kappa shape index (κ1) is 7.86. The average molecular weight is 173 g/mol. The third-order valence-electron chi connectivity index (χ3n) is 1.88. The lowest BCUT2D eigenvalue weighted by molar-refractivity contribution is 0.999. The van der Waals surface area contributed by atoms with E-state index in [0.717, 1.165) is 12.1 Å². The first-order valence-electron chi connectivity index (χ1n) is 4.16. The van der Waals surface area contributed by atoms with Gasteiger partial charge in [0.2, 0.25) is 0 Å². The second-order valence-electron chi connectivity index (χ2n) is 2.97. The van der Waals surface area contributed by atoms with Gasteiger partial charge in [0.25, 0.3) is 0 Å². The summed E-state index contributed by atoms with van der Waals surface area (Å²) < 4.78 is 1.47. The third kappa shape index (κ3) is 1.87. The van der Waals surface area contributed by atoms with Crippen molar-refractivity contribution in [2.75, 3.05) is 5.84 Å². The smallest absolute Gasteiger partial charge is 0.114 e. The molecule has 1 heterocycles. The number of nitrogens with two attached hydrogens (primary N) is 1. The number of imidazole rings is 1. The highest BCUT2D eigenvalue weighted by Gasteiger charge is 1.97. The quantitative estimate of drug-likeness (QED) is 0.693. The minimum Gasteiger partial charge on any atom is -0.338 e. The summed E-state index contributed by atoms with van der Waals surface area (Å²) in [5.74, 6) is 5.49. The Morgan fingerprint density at radius 2 is 2.00 bits per heavy atom. The summed E-state index contributed by atoms with van der Waals surface area (Å²) in [7, 11) is 0. The molecule has 2 aromatic rings. The van der Waals surface area contributed by atoms with Crippen molar-refractivity contribution in [1.29, 1.82) is 0 Å². The van der Waals surface area contributed by atoms with E-state index < -0.39 is 0 Å². The van der Waals surface area contributed by atoms with Gasteiger partial charge in [0, 0.05) is 12.6 Å². The van der Waals surface area contributed by atoms with Crippen LogP contribution >= 0.6 is 0 Å². The molecule has 0 amide bonds. The summed E-state index contributed by atoms with van der Waals surface area (Å²) in [6.07, 6.45) is 4.27. The van der Waals surface area contributed by atoms with E-state index in [1.54, 1.807) is 6.33 Å². The molecule has 0 saturated heterocycles. The van der Waals surface area contributed by atoms with Crippen LogP contribution in [0.2, 0.25) is 0 Å². The minimum absolute atomic E-state index is 0.838. The molecule has 0 radical (unpaired) electrons. The number of hydrogen-bond donors (Lipinski definition) is 1. The standard InChI is InChI=1S/C10H11N3/c11-13-7-10(12-8-13)6-9-4-2-1-3-5-9/h1-5,7-8H,6,11H2. The van der Waals surface area contributed by atoms with Gasteiger partial charge in [-0.15, -0.1) is 0 Å². The largest absolute Gasteiger partial charge is 0.338 e. The Kier molecular flexibility index (Phi) is 2.00. The molecule has 2 N–H and O–H groups in total. The Hall–Kier alpha value is -1.77. The van der Waals surface area contributed by atoms with Gasteiger partial charge in [-0.2, -0.15) is 0 Å². The second-order valence-corrected chi connectivity index (χ2v) is 2.97. The summed E-state index contributed by atoms with van der Waals surface area (Å²) in [6, 6.07) is 10.2. The molecule has 0 saturated carbocycles. The van der Waals surface area contributed by atoms with Gasteiger partial charge in [-0.3, -0.25) is 4.68 Å². The molecular weight excluding hydrogens is 162 g/mol. The van der Waals surface area contributed by atoms with Crippen LogP contribution in [0.1, 0.15) is 11.3 Å². The molecule has 0 unspecified atom stereocenters. The average Bonchev–Trinajstić information content (AvgIpc) is 2.53. The summed E-state index contributed by atoms with van der Waals surface area (Å²) in [5, 5.41) is 0. The van der Waals surface area contributed by atoms with Gasteiger partial charge in [0.05, 0.1) is 5.69 Å². The van der Waals surface area contributed by atoms with Gasteiger partial charge in [0.1, 0.15) is 6.33 Å². The number of nitrogens with zero attached hydrogens (tertiary/aromatic N) is 2. The topological polar surface area (TPSA) is 43.8 Å². The molecule has 1 aromatic heterocycles. The van der Waals surface area contributed by atoms with E-state index in [0.29, 0.717) is 0 Å². The van der Waals surface area contributed by atoms with Crippen molar-refractivity contribution in [1.82, 2.24) is 9.66 Å². The normalized spacial score (nSPS) is 10.2. The molecule has 3 nitrogen and oxygen atoms in total. The molecule has 2 rings (SSSR count). The number of rotatable bonds is 2. The summed E-state index contributed by atoms with van der Waals surface area (Å²) in [5.41, 5.74) is 2.25. The van der Waals surface area contributed by atoms with Crippen LogP contribution in [-0.4, -0.2) is 9.66 Å². The molecule has 0 fully saturated rings. The van der Waals surface area contributed by atoms with Crippen molar-refractivity contribution >= 4 is 0 Å². The van der Waals surface area contributed by atoms with Gasteiger partial charge < -0.3 is 5.84 Å². The molecule has 13 heavy (non-hydrogen) atoms. The molecular formula is C10H11N3.